The molecule has 1 saturated carbocycles. The van der Waals surface area contributed by atoms with Crippen LogP contribution in [0.2, 0.25) is 0 Å². The van der Waals surface area contributed by atoms with Gasteiger partial charge in [-0.3, -0.25) is 4.79 Å². The van der Waals surface area contributed by atoms with E-state index in [9.17, 15) is 9.90 Å². The van der Waals surface area contributed by atoms with Crippen LogP contribution in [-0.4, -0.2) is 36.6 Å². The summed E-state index contributed by atoms with van der Waals surface area (Å²) in [5.74, 6) is 0.266. The maximum Gasteiger partial charge on any atom is 0.286 e. The van der Waals surface area contributed by atoms with Gasteiger partial charge in [-0.05, 0) is 61.1 Å². The van der Waals surface area contributed by atoms with Crippen LogP contribution in [-0.2, 0) is 14.3 Å². The van der Waals surface area contributed by atoms with Crippen LogP contribution in [0.1, 0.15) is 63.4 Å². The number of allylic oxidation sites excluding steroid dienone is 1. The Balaban J connectivity index is 1.67. The number of fused-ring (bicyclic) bond motifs is 1. The lowest BCUT2D eigenvalue weighted by atomic mass is 9.80. The molecule has 1 amide bonds. The Morgan fingerprint density at radius 3 is 2.84 bits per heavy atom. The molecule has 2 aromatic rings. The van der Waals surface area contributed by atoms with Crippen molar-refractivity contribution in [1.82, 2.24) is 5.32 Å². The van der Waals surface area contributed by atoms with Crippen molar-refractivity contribution in [3.63, 3.8) is 0 Å². The second-order valence-electron chi connectivity index (χ2n) is 8.52. The van der Waals surface area contributed by atoms with Gasteiger partial charge in [0.15, 0.2) is 5.76 Å². The first-order valence-electron chi connectivity index (χ1n) is 11.6. The largest absolute Gasteiger partial charge is 0.459 e. The van der Waals surface area contributed by atoms with Gasteiger partial charge in [0.25, 0.3) is 5.91 Å². The Bertz CT molecular complexity index is 902. The summed E-state index contributed by atoms with van der Waals surface area (Å²) in [6, 6.07) is 8.61. The predicted molar refractivity (Wildman–Crippen MR) is 124 cm³/mol. The summed E-state index contributed by atoms with van der Waals surface area (Å²) in [6.45, 7) is 2.58. The molecule has 1 aliphatic carbocycles. The molecule has 3 atom stereocenters. The maximum absolute atomic E-state index is 13.1. The van der Waals surface area contributed by atoms with Crippen molar-refractivity contribution in [2.75, 3.05) is 13.2 Å². The molecule has 2 heterocycles. The molecule has 1 aromatic carbocycles. The average Bonchev–Trinajstić information content (AvgIpc) is 3.22. The van der Waals surface area contributed by atoms with Crippen molar-refractivity contribution in [2.45, 2.75) is 70.1 Å². The summed E-state index contributed by atoms with van der Waals surface area (Å²) in [7, 11) is 0. The Morgan fingerprint density at radius 2 is 2.06 bits per heavy atom. The van der Waals surface area contributed by atoms with E-state index in [0.29, 0.717) is 18.8 Å². The zero-order valence-electron chi connectivity index (χ0n) is 18.2. The highest BCUT2D eigenvalue weighted by atomic mass is 32.1. The lowest BCUT2D eigenvalue weighted by Crippen LogP contribution is -2.42. The number of thiophene rings is 1. The zero-order valence-corrected chi connectivity index (χ0v) is 19.0. The van der Waals surface area contributed by atoms with Gasteiger partial charge < -0.3 is 19.9 Å². The lowest BCUT2D eigenvalue weighted by molar-refractivity contribution is -0.166. The quantitative estimate of drug-likeness (QED) is 0.596. The number of carbonyl (C=O) groups excluding carboxylic acids is 1. The summed E-state index contributed by atoms with van der Waals surface area (Å²) < 4.78 is 13.3. The van der Waals surface area contributed by atoms with Gasteiger partial charge in [-0.25, -0.2) is 0 Å². The van der Waals surface area contributed by atoms with Crippen LogP contribution >= 0.6 is 11.3 Å². The van der Waals surface area contributed by atoms with Crippen LogP contribution in [0.15, 0.2) is 41.5 Å². The smallest absolute Gasteiger partial charge is 0.286 e. The second kappa shape index (κ2) is 10.6. The van der Waals surface area contributed by atoms with Gasteiger partial charge in [-0.2, -0.15) is 0 Å². The van der Waals surface area contributed by atoms with Crippen LogP contribution in [0.5, 0.6) is 0 Å². The minimum Gasteiger partial charge on any atom is -0.459 e. The molecule has 168 valence electrons. The number of nitrogens with one attached hydrogen (secondary N) is 1. The topological polar surface area (TPSA) is 67.8 Å². The third kappa shape index (κ3) is 5.13. The van der Waals surface area contributed by atoms with E-state index in [4.69, 9.17) is 9.47 Å². The molecule has 31 heavy (non-hydrogen) atoms. The average molecular weight is 444 g/mol. The van der Waals surface area contributed by atoms with Crippen LogP contribution in [0.4, 0.5) is 0 Å². The SMILES string of the molecule is CCO[C@@H]1OC(C(=O)NC2CCCCC2)=C[C@H](c2csc3ccccc23)[C@H]1CCCO. The first-order valence-corrected chi connectivity index (χ1v) is 12.5. The molecular weight excluding hydrogens is 410 g/mol. The number of amides is 1. The third-order valence-corrected chi connectivity index (χ3v) is 7.43. The molecule has 2 N–H and O–H groups in total. The van der Waals surface area contributed by atoms with E-state index in [1.165, 1.54) is 34.9 Å². The molecule has 4 rings (SSSR count). The predicted octanol–water partition coefficient (Wildman–Crippen LogP) is 5.10. The molecular formula is C25H33NO4S. The standard InChI is InChI=1S/C25H33NO4S/c1-2-29-25-19(12-8-14-27)20(21-16-31-23-13-7-6-11-18(21)23)15-22(30-25)24(28)26-17-9-4-3-5-10-17/h6-7,11,13,15-17,19-20,25,27H,2-5,8-10,12,14H2,1H3,(H,26,28)/t19-,20+,25-/m1/s1. The molecule has 0 radical (unpaired) electrons. The molecule has 1 fully saturated rings. The van der Waals surface area contributed by atoms with Crippen molar-refractivity contribution in [3.05, 3.63) is 47.0 Å². The van der Waals surface area contributed by atoms with Crippen LogP contribution < -0.4 is 5.32 Å². The van der Waals surface area contributed by atoms with Gasteiger partial charge in [0.2, 0.25) is 6.29 Å². The highest BCUT2D eigenvalue weighted by molar-refractivity contribution is 7.17. The molecule has 0 bridgehead atoms. The molecule has 5 nitrogen and oxygen atoms in total. The van der Waals surface area contributed by atoms with Crippen molar-refractivity contribution >= 4 is 27.3 Å². The van der Waals surface area contributed by atoms with Gasteiger partial charge in [0.05, 0.1) is 0 Å². The number of rotatable bonds is 8. The first kappa shape index (κ1) is 22.3. The maximum atomic E-state index is 13.1. The fourth-order valence-electron chi connectivity index (χ4n) is 4.88. The highest BCUT2D eigenvalue weighted by Crippen LogP contribution is 2.43. The first-order chi connectivity index (χ1) is 15.2. The van der Waals surface area contributed by atoms with E-state index < -0.39 is 6.29 Å². The van der Waals surface area contributed by atoms with Crippen LogP contribution in [0.25, 0.3) is 10.1 Å². The second-order valence-corrected chi connectivity index (χ2v) is 9.43. The van der Waals surface area contributed by atoms with Crippen LogP contribution in [0, 0.1) is 5.92 Å². The van der Waals surface area contributed by atoms with Gasteiger partial charge >= 0.3 is 0 Å². The number of benzene rings is 1. The zero-order chi connectivity index (χ0) is 21.6. The third-order valence-electron chi connectivity index (χ3n) is 6.45. The minimum atomic E-state index is -0.502. The van der Waals surface area contributed by atoms with E-state index in [1.807, 2.05) is 13.0 Å². The number of ether oxygens (including phenoxy) is 2. The summed E-state index contributed by atoms with van der Waals surface area (Å²) in [6.07, 6.45) is 8.58. The number of aliphatic hydroxyl groups excluding tert-OH is 1. The van der Waals surface area contributed by atoms with Crippen molar-refractivity contribution in [3.8, 4) is 0 Å². The molecule has 6 heteroatoms. The summed E-state index contributed by atoms with van der Waals surface area (Å²) >= 11 is 1.73. The van der Waals surface area contributed by atoms with E-state index in [1.54, 1.807) is 11.3 Å². The van der Waals surface area contributed by atoms with Gasteiger partial charge in [0.1, 0.15) is 0 Å². The van der Waals surface area contributed by atoms with Crippen molar-refractivity contribution in [2.24, 2.45) is 5.92 Å². The molecule has 2 aliphatic rings. The van der Waals surface area contributed by atoms with E-state index in [2.05, 4.69) is 35.0 Å². The van der Waals surface area contributed by atoms with E-state index in [0.717, 1.165) is 19.3 Å². The Morgan fingerprint density at radius 1 is 1.26 bits per heavy atom. The van der Waals surface area contributed by atoms with Crippen molar-refractivity contribution in [1.29, 1.82) is 0 Å². The van der Waals surface area contributed by atoms with E-state index >= 15 is 0 Å². The van der Waals surface area contributed by atoms with Crippen LogP contribution in [0.3, 0.4) is 0 Å². The fraction of sp³-hybridized carbons (Fsp3) is 0.560. The Kier molecular flexibility index (Phi) is 7.64. The van der Waals surface area contributed by atoms with Gasteiger partial charge in [0, 0.05) is 35.8 Å². The normalized spacial score (nSPS) is 24.6. The molecule has 0 spiro atoms. The molecule has 0 saturated heterocycles. The summed E-state index contributed by atoms with van der Waals surface area (Å²) in [4.78, 5) is 13.1. The van der Waals surface area contributed by atoms with Gasteiger partial charge in [-0.1, -0.05) is 37.5 Å². The monoisotopic (exact) mass is 443 g/mol. The highest BCUT2D eigenvalue weighted by Gasteiger charge is 2.39. The van der Waals surface area contributed by atoms with Crippen molar-refractivity contribution < 1.29 is 19.4 Å². The minimum absolute atomic E-state index is 0.0000980. The summed E-state index contributed by atoms with van der Waals surface area (Å²) in [5, 5.41) is 16.1. The molecule has 1 aromatic heterocycles. The summed E-state index contributed by atoms with van der Waals surface area (Å²) in [5.41, 5.74) is 1.21. The van der Waals surface area contributed by atoms with Gasteiger partial charge in [-0.15, -0.1) is 11.3 Å². The molecule has 0 unspecified atom stereocenters. The van der Waals surface area contributed by atoms with E-state index in [-0.39, 0.29) is 30.4 Å². The fourth-order valence-corrected chi connectivity index (χ4v) is 5.89. The number of aliphatic hydroxyl groups is 1. The lowest BCUT2D eigenvalue weighted by Gasteiger charge is -2.37. The number of hydrogen-bond donors (Lipinski definition) is 2. The Hall–Kier alpha value is -1.89. The number of carbonyl (C=O) groups is 1. The Labute approximate surface area is 188 Å². The molecule has 1 aliphatic heterocycles. The number of hydrogen-bond acceptors (Lipinski definition) is 5.